The molecule has 0 spiro atoms. The molecule has 0 unspecified atom stereocenters. The SMILES string of the molecule is c1ccc(-c2ccccc2Oc2cc3c4c(c2)N(c2ccccc2)c2ccccc2B4c2cc4c(cc2O3)Oc2cc(Oc3ccccc3-c3ccccc3)cc3c2B4c2ccccc2N3c2ccccc2)cc1. The molecule has 346 valence electrons. The van der Waals surface area contributed by atoms with Crippen LogP contribution in [0.5, 0.6) is 46.0 Å². The number of fused-ring (bicyclic) bond motifs is 8. The van der Waals surface area contributed by atoms with E-state index < -0.39 is 0 Å². The molecule has 0 aromatic heterocycles. The van der Waals surface area contributed by atoms with Crippen LogP contribution in [0, 0.1) is 0 Å². The molecule has 0 saturated carbocycles. The molecule has 0 bridgehead atoms. The normalized spacial score (nSPS) is 13.0. The molecule has 0 radical (unpaired) electrons. The number of hydrogen-bond donors (Lipinski definition) is 0. The number of rotatable bonds is 8. The summed E-state index contributed by atoms with van der Waals surface area (Å²) in [5.41, 5.74) is 17.2. The third kappa shape index (κ3) is 6.76. The average Bonchev–Trinajstić information content (AvgIpc) is 3.47. The van der Waals surface area contributed by atoms with Crippen molar-refractivity contribution in [1.29, 1.82) is 0 Å². The van der Waals surface area contributed by atoms with Crippen molar-refractivity contribution in [2.24, 2.45) is 0 Å². The number of para-hydroxylation sites is 6. The van der Waals surface area contributed by atoms with Crippen LogP contribution in [0.4, 0.5) is 34.1 Å². The molecule has 4 aliphatic heterocycles. The van der Waals surface area contributed by atoms with Crippen molar-refractivity contribution in [3.8, 4) is 68.2 Å². The maximum atomic E-state index is 7.26. The van der Waals surface area contributed by atoms with Gasteiger partial charge in [0.15, 0.2) is 0 Å². The van der Waals surface area contributed by atoms with Crippen molar-refractivity contribution in [1.82, 2.24) is 0 Å². The van der Waals surface area contributed by atoms with Crippen LogP contribution in [0.25, 0.3) is 22.3 Å². The van der Waals surface area contributed by atoms with E-state index in [4.69, 9.17) is 18.9 Å². The molecular formula is C66H42B2N2O4. The first-order chi connectivity index (χ1) is 36.7. The van der Waals surface area contributed by atoms with Crippen molar-refractivity contribution in [2.45, 2.75) is 0 Å². The van der Waals surface area contributed by atoms with Gasteiger partial charge in [-0.25, -0.2) is 0 Å². The third-order valence-corrected chi connectivity index (χ3v) is 14.9. The number of nitrogens with zero attached hydrogens (tertiary/aromatic N) is 2. The highest BCUT2D eigenvalue weighted by molar-refractivity contribution is 7.02. The molecule has 4 heterocycles. The van der Waals surface area contributed by atoms with Crippen LogP contribution in [-0.4, -0.2) is 13.4 Å². The van der Waals surface area contributed by atoms with Gasteiger partial charge in [-0.15, -0.1) is 0 Å². The van der Waals surface area contributed by atoms with Gasteiger partial charge < -0.3 is 28.7 Å². The lowest BCUT2D eigenvalue weighted by Crippen LogP contribution is -2.63. The monoisotopic (exact) mass is 948 g/mol. The van der Waals surface area contributed by atoms with Crippen molar-refractivity contribution in [3.63, 3.8) is 0 Å². The van der Waals surface area contributed by atoms with Gasteiger partial charge in [-0.2, -0.15) is 0 Å². The number of anilines is 6. The van der Waals surface area contributed by atoms with Crippen molar-refractivity contribution in [3.05, 3.63) is 255 Å². The van der Waals surface area contributed by atoms with Crippen LogP contribution in [0.15, 0.2) is 255 Å². The lowest BCUT2D eigenvalue weighted by molar-refractivity contribution is 0.452. The summed E-state index contributed by atoms with van der Waals surface area (Å²) >= 11 is 0. The molecule has 0 amide bonds. The molecule has 0 fully saturated rings. The molecule has 15 rings (SSSR count). The van der Waals surface area contributed by atoms with Gasteiger partial charge in [-0.3, -0.25) is 0 Å². The van der Waals surface area contributed by atoms with E-state index in [2.05, 4.69) is 228 Å². The summed E-state index contributed by atoms with van der Waals surface area (Å²) in [5, 5.41) is 0. The Bertz CT molecular complexity index is 3750. The maximum absolute atomic E-state index is 7.26. The fraction of sp³-hybridized carbons (Fsp3) is 0. The second-order valence-corrected chi connectivity index (χ2v) is 19.1. The minimum Gasteiger partial charge on any atom is -0.458 e. The third-order valence-electron chi connectivity index (χ3n) is 14.9. The summed E-state index contributed by atoms with van der Waals surface area (Å²) in [4.78, 5) is 4.71. The van der Waals surface area contributed by atoms with Crippen LogP contribution >= 0.6 is 0 Å². The van der Waals surface area contributed by atoms with E-state index >= 15 is 0 Å². The molecule has 11 aromatic carbocycles. The lowest BCUT2D eigenvalue weighted by atomic mass is 9.31. The minimum absolute atomic E-state index is 0.170. The van der Waals surface area contributed by atoms with E-state index in [0.29, 0.717) is 11.5 Å². The second kappa shape index (κ2) is 17.0. The molecule has 11 aromatic rings. The van der Waals surface area contributed by atoms with Gasteiger partial charge in [0.1, 0.15) is 46.0 Å². The molecule has 8 heteroatoms. The zero-order chi connectivity index (χ0) is 48.7. The maximum Gasteiger partial charge on any atom is 0.256 e. The van der Waals surface area contributed by atoms with Crippen LogP contribution in [0.2, 0.25) is 0 Å². The van der Waals surface area contributed by atoms with Crippen LogP contribution in [0.1, 0.15) is 0 Å². The van der Waals surface area contributed by atoms with Gasteiger partial charge in [0, 0.05) is 75.6 Å². The first-order valence-corrected chi connectivity index (χ1v) is 25.1. The minimum atomic E-state index is -0.170. The molecule has 6 nitrogen and oxygen atoms in total. The molecule has 0 saturated heterocycles. The summed E-state index contributed by atoms with van der Waals surface area (Å²) in [6, 6.07) is 88.9. The second-order valence-electron chi connectivity index (χ2n) is 19.1. The summed E-state index contributed by atoms with van der Waals surface area (Å²) in [5.74, 6) is 5.79. The van der Waals surface area contributed by atoms with Gasteiger partial charge >= 0.3 is 0 Å². The number of benzene rings is 11. The topological polar surface area (TPSA) is 43.4 Å². The lowest BCUT2D eigenvalue weighted by Gasteiger charge is -2.42. The number of hydrogen-bond acceptors (Lipinski definition) is 6. The average molecular weight is 949 g/mol. The predicted molar refractivity (Wildman–Crippen MR) is 302 cm³/mol. The van der Waals surface area contributed by atoms with E-state index in [0.717, 1.165) is 113 Å². The zero-order valence-electron chi connectivity index (χ0n) is 39.9. The predicted octanol–water partition coefficient (Wildman–Crippen LogP) is 13.4. The molecule has 4 aliphatic rings. The van der Waals surface area contributed by atoms with Gasteiger partial charge in [-0.1, -0.05) is 176 Å². The summed E-state index contributed by atoms with van der Waals surface area (Å²) in [7, 11) is 0. The fourth-order valence-electron chi connectivity index (χ4n) is 11.7. The van der Waals surface area contributed by atoms with E-state index in [9.17, 15) is 0 Å². The number of ether oxygens (including phenoxy) is 4. The van der Waals surface area contributed by atoms with E-state index in [1.807, 2.05) is 36.4 Å². The van der Waals surface area contributed by atoms with Crippen molar-refractivity contribution in [2.75, 3.05) is 9.80 Å². The summed E-state index contributed by atoms with van der Waals surface area (Å²) < 4.78 is 28.5. The van der Waals surface area contributed by atoms with Gasteiger partial charge in [-0.05, 0) is 92.4 Å². The highest BCUT2D eigenvalue weighted by Gasteiger charge is 2.47. The Balaban J connectivity index is 0.917. The molecule has 0 N–H and O–H groups in total. The first-order valence-electron chi connectivity index (χ1n) is 25.1. The Kier molecular flexibility index (Phi) is 9.67. The van der Waals surface area contributed by atoms with E-state index in [-0.39, 0.29) is 13.4 Å². The van der Waals surface area contributed by atoms with Crippen molar-refractivity contribution >= 4 is 80.3 Å². The Morgan fingerprint density at radius 2 is 0.676 bits per heavy atom. The molecule has 74 heavy (non-hydrogen) atoms. The Hall–Kier alpha value is -9.65. The van der Waals surface area contributed by atoms with Gasteiger partial charge in [0.05, 0.1) is 0 Å². The highest BCUT2D eigenvalue weighted by Crippen LogP contribution is 2.48. The Morgan fingerprint density at radius 3 is 1.12 bits per heavy atom. The highest BCUT2D eigenvalue weighted by atomic mass is 16.5. The quantitative estimate of drug-likeness (QED) is 0.141. The van der Waals surface area contributed by atoms with E-state index in [1.165, 1.54) is 10.9 Å². The van der Waals surface area contributed by atoms with Gasteiger partial charge in [0.2, 0.25) is 0 Å². The van der Waals surface area contributed by atoms with Gasteiger partial charge in [0.25, 0.3) is 13.4 Å². The zero-order valence-corrected chi connectivity index (χ0v) is 39.9. The van der Waals surface area contributed by atoms with Crippen molar-refractivity contribution < 1.29 is 18.9 Å². The Labute approximate surface area is 430 Å². The summed E-state index contributed by atoms with van der Waals surface area (Å²) in [6.45, 7) is -0.339. The Morgan fingerprint density at radius 1 is 0.297 bits per heavy atom. The van der Waals surface area contributed by atoms with E-state index in [1.54, 1.807) is 0 Å². The molecule has 0 atom stereocenters. The molecular weight excluding hydrogens is 906 g/mol. The smallest absolute Gasteiger partial charge is 0.256 e. The van der Waals surface area contributed by atoms with Crippen LogP contribution < -0.4 is 61.5 Å². The standard InChI is InChI=1S/C66H42B2N2O4/c1-5-21-43(22-6-1)49-29-13-19-35-59(49)71-47-37-57-65-63(39-47)73-61-42-62-54(41-53(61)67(65)51-31-15-17-33-55(51)69(57)45-25-9-3-10-26-45)68-52-32-16-18-34-56(52)70(46-27-11-4-12-28-46)58-38-48(40-64(74-62)66(58)68)72-60-36-20-14-30-50(60)44-23-7-2-8-24-44/h1-42H. The van der Waals surface area contributed by atoms with Crippen LogP contribution in [0.3, 0.4) is 0 Å². The fourth-order valence-corrected chi connectivity index (χ4v) is 11.7. The first kappa shape index (κ1) is 42.1. The van der Waals surface area contributed by atoms with Crippen LogP contribution in [-0.2, 0) is 0 Å². The largest absolute Gasteiger partial charge is 0.458 e. The summed E-state index contributed by atoms with van der Waals surface area (Å²) in [6.07, 6.45) is 0. The molecule has 0 aliphatic carbocycles.